The molecule has 2 nitrogen and oxygen atoms in total. The lowest BCUT2D eigenvalue weighted by Crippen LogP contribution is -2.34. The number of halogens is 1. The molecule has 0 heterocycles. The van der Waals surface area contributed by atoms with Crippen LogP contribution in [0.1, 0.15) is 29.9 Å². The largest absolute Gasteiger partial charge is 0.392 e. The van der Waals surface area contributed by atoms with Crippen LogP contribution >= 0.6 is 15.9 Å². The van der Waals surface area contributed by atoms with Gasteiger partial charge in [-0.3, -0.25) is 0 Å². The van der Waals surface area contributed by atoms with Crippen LogP contribution in [0.15, 0.2) is 53.0 Å². The lowest BCUT2D eigenvalue weighted by Gasteiger charge is -2.37. The molecular weight excluding hydrogens is 314 g/mol. The Morgan fingerprint density at radius 3 is 2.45 bits per heavy atom. The molecule has 1 aliphatic carbocycles. The molecule has 1 aliphatic rings. The highest BCUT2D eigenvalue weighted by atomic mass is 79.9. The standard InChI is InChI=1S/C17H18BrNO/c18-15-7-5-12(6-8-15)14-9-16(10-14)19-17-4-2-1-3-13(17)11-20/h1-8,14,16,19-20H,9-11H2. The first-order valence-corrected chi connectivity index (χ1v) is 7.76. The first-order valence-electron chi connectivity index (χ1n) is 6.97. The van der Waals surface area contributed by atoms with Gasteiger partial charge in [-0.25, -0.2) is 0 Å². The summed E-state index contributed by atoms with van der Waals surface area (Å²) in [5.74, 6) is 0.655. The number of benzene rings is 2. The third kappa shape index (κ3) is 2.89. The van der Waals surface area contributed by atoms with Crippen LogP contribution in [-0.4, -0.2) is 11.1 Å². The predicted molar refractivity (Wildman–Crippen MR) is 85.9 cm³/mol. The van der Waals surface area contributed by atoms with E-state index in [4.69, 9.17) is 0 Å². The molecule has 0 spiro atoms. The van der Waals surface area contributed by atoms with E-state index in [2.05, 4.69) is 45.5 Å². The van der Waals surface area contributed by atoms with Gasteiger partial charge >= 0.3 is 0 Å². The Bertz CT molecular complexity index is 576. The molecule has 0 aromatic heterocycles. The maximum absolute atomic E-state index is 9.33. The van der Waals surface area contributed by atoms with Crippen molar-refractivity contribution in [3.8, 4) is 0 Å². The topological polar surface area (TPSA) is 32.3 Å². The van der Waals surface area contributed by atoms with E-state index >= 15 is 0 Å². The van der Waals surface area contributed by atoms with Gasteiger partial charge in [0, 0.05) is 21.8 Å². The Hall–Kier alpha value is -1.32. The minimum Gasteiger partial charge on any atom is -0.392 e. The number of hydrogen-bond donors (Lipinski definition) is 2. The molecule has 1 fully saturated rings. The zero-order chi connectivity index (χ0) is 13.9. The fraction of sp³-hybridized carbons (Fsp3) is 0.294. The monoisotopic (exact) mass is 331 g/mol. The van der Waals surface area contributed by atoms with Gasteiger partial charge in [-0.2, -0.15) is 0 Å². The highest BCUT2D eigenvalue weighted by Gasteiger charge is 2.30. The quantitative estimate of drug-likeness (QED) is 0.875. The maximum Gasteiger partial charge on any atom is 0.0701 e. The van der Waals surface area contributed by atoms with Crippen LogP contribution < -0.4 is 5.32 Å². The molecule has 2 aromatic carbocycles. The van der Waals surface area contributed by atoms with Gasteiger partial charge in [0.1, 0.15) is 0 Å². The van der Waals surface area contributed by atoms with Crippen molar-refractivity contribution in [2.24, 2.45) is 0 Å². The smallest absolute Gasteiger partial charge is 0.0701 e. The molecule has 2 aromatic rings. The average molecular weight is 332 g/mol. The summed E-state index contributed by atoms with van der Waals surface area (Å²) in [5.41, 5.74) is 3.45. The van der Waals surface area contributed by atoms with Crippen LogP contribution in [0.4, 0.5) is 5.69 Å². The van der Waals surface area contributed by atoms with E-state index in [-0.39, 0.29) is 6.61 Å². The van der Waals surface area contributed by atoms with E-state index in [1.807, 2.05) is 24.3 Å². The highest BCUT2D eigenvalue weighted by molar-refractivity contribution is 9.10. The Labute approximate surface area is 128 Å². The van der Waals surface area contributed by atoms with E-state index < -0.39 is 0 Å². The molecule has 20 heavy (non-hydrogen) atoms. The van der Waals surface area contributed by atoms with Crippen LogP contribution in [0, 0.1) is 0 Å². The number of rotatable bonds is 4. The van der Waals surface area contributed by atoms with Crippen molar-refractivity contribution < 1.29 is 5.11 Å². The second-order valence-electron chi connectivity index (χ2n) is 5.38. The molecule has 3 heteroatoms. The molecule has 0 saturated heterocycles. The van der Waals surface area contributed by atoms with Crippen LogP contribution in [0.5, 0.6) is 0 Å². The summed E-state index contributed by atoms with van der Waals surface area (Å²) < 4.78 is 1.13. The van der Waals surface area contributed by atoms with E-state index in [1.165, 1.54) is 5.56 Å². The zero-order valence-corrected chi connectivity index (χ0v) is 12.8. The van der Waals surface area contributed by atoms with Gasteiger partial charge in [0.05, 0.1) is 6.61 Å². The lowest BCUT2D eigenvalue weighted by atomic mass is 9.76. The second kappa shape index (κ2) is 5.98. The SMILES string of the molecule is OCc1ccccc1NC1CC(c2ccc(Br)cc2)C1. The van der Waals surface area contributed by atoms with Crippen molar-refractivity contribution in [3.05, 3.63) is 64.1 Å². The van der Waals surface area contributed by atoms with Gasteiger partial charge < -0.3 is 10.4 Å². The van der Waals surface area contributed by atoms with Crippen molar-refractivity contribution in [2.75, 3.05) is 5.32 Å². The van der Waals surface area contributed by atoms with Gasteiger partial charge in [0.15, 0.2) is 0 Å². The molecular formula is C17H18BrNO. The van der Waals surface area contributed by atoms with Crippen molar-refractivity contribution in [3.63, 3.8) is 0 Å². The van der Waals surface area contributed by atoms with Gasteiger partial charge in [-0.1, -0.05) is 46.3 Å². The average Bonchev–Trinajstić information content (AvgIpc) is 2.44. The number of nitrogens with one attached hydrogen (secondary N) is 1. The highest BCUT2D eigenvalue weighted by Crippen LogP contribution is 2.39. The van der Waals surface area contributed by atoms with Crippen molar-refractivity contribution in [1.82, 2.24) is 0 Å². The third-order valence-electron chi connectivity index (χ3n) is 4.03. The Balaban J connectivity index is 1.59. The molecule has 1 saturated carbocycles. The summed E-state index contributed by atoms with van der Waals surface area (Å²) in [4.78, 5) is 0. The first-order chi connectivity index (χ1) is 9.76. The summed E-state index contributed by atoms with van der Waals surface area (Å²) in [7, 11) is 0. The summed E-state index contributed by atoms with van der Waals surface area (Å²) in [6, 6.07) is 17.1. The number of anilines is 1. The van der Waals surface area contributed by atoms with E-state index in [0.717, 1.165) is 28.6 Å². The molecule has 104 valence electrons. The number of para-hydroxylation sites is 1. The van der Waals surface area contributed by atoms with Crippen LogP contribution in [0.3, 0.4) is 0 Å². The molecule has 0 bridgehead atoms. The molecule has 0 atom stereocenters. The summed E-state index contributed by atoms with van der Waals surface area (Å²) in [5, 5.41) is 12.9. The molecule has 0 amide bonds. The Morgan fingerprint density at radius 1 is 1.05 bits per heavy atom. The van der Waals surface area contributed by atoms with Crippen LogP contribution in [0.25, 0.3) is 0 Å². The van der Waals surface area contributed by atoms with Gasteiger partial charge in [-0.15, -0.1) is 0 Å². The Kier molecular flexibility index (Phi) is 4.08. The third-order valence-corrected chi connectivity index (χ3v) is 4.56. The van der Waals surface area contributed by atoms with E-state index in [1.54, 1.807) is 0 Å². The minimum absolute atomic E-state index is 0.0893. The number of hydrogen-bond acceptors (Lipinski definition) is 2. The maximum atomic E-state index is 9.33. The normalized spacial score (nSPS) is 21.3. The zero-order valence-electron chi connectivity index (χ0n) is 11.2. The number of aliphatic hydroxyl groups excluding tert-OH is 1. The molecule has 0 radical (unpaired) electrons. The molecule has 3 rings (SSSR count). The predicted octanol–water partition coefficient (Wildman–Crippen LogP) is 4.30. The summed E-state index contributed by atoms with van der Waals surface area (Å²) >= 11 is 3.47. The summed E-state index contributed by atoms with van der Waals surface area (Å²) in [6.45, 7) is 0.0893. The van der Waals surface area contributed by atoms with Gasteiger partial charge in [-0.05, 0) is 42.5 Å². The van der Waals surface area contributed by atoms with E-state index in [9.17, 15) is 5.11 Å². The lowest BCUT2D eigenvalue weighted by molar-refractivity contribution is 0.282. The first kappa shape index (κ1) is 13.7. The van der Waals surface area contributed by atoms with E-state index in [0.29, 0.717) is 12.0 Å². The van der Waals surface area contributed by atoms with Crippen molar-refractivity contribution in [2.45, 2.75) is 31.4 Å². The van der Waals surface area contributed by atoms with Crippen molar-refractivity contribution in [1.29, 1.82) is 0 Å². The molecule has 0 aliphatic heterocycles. The van der Waals surface area contributed by atoms with Gasteiger partial charge in [0.25, 0.3) is 0 Å². The van der Waals surface area contributed by atoms with Crippen LogP contribution in [0.2, 0.25) is 0 Å². The molecule has 2 N–H and O–H groups in total. The number of aliphatic hydroxyl groups is 1. The molecule has 0 unspecified atom stereocenters. The van der Waals surface area contributed by atoms with Gasteiger partial charge in [0.2, 0.25) is 0 Å². The Morgan fingerprint density at radius 2 is 1.75 bits per heavy atom. The van der Waals surface area contributed by atoms with Crippen molar-refractivity contribution >= 4 is 21.6 Å². The minimum atomic E-state index is 0.0893. The fourth-order valence-electron chi connectivity index (χ4n) is 2.76. The fourth-order valence-corrected chi connectivity index (χ4v) is 3.03. The second-order valence-corrected chi connectivity index (χ2v) is 6.29. The van der Waals surface area contributed by atoms with Crippen LogP contribution in [-0.2, 0) is 6.61 Å². The summed E-state index contributed by atoms with van der Waals surface area (Å²) in [6.07, 6.45) is 2.31.